The molecular formula is C16H21N3O2. The summed E-state index contributed by atoms with van der Waals surface area (Å²) < 4.78 is 1.58. The number of aliphatic hydroxyl groups is 1. The molecule has 112 valence electrons. The highest BCUT2D eigenvalue weighted by Crippen LogP contribution is 2.18. The monoisotopic (exact) mass is 287 g/mol. The molecule has 1 N–H and O–H groups in total. The Labute approximate surface area is 123 Å². The van der Waals surface area contributed by atoms with E-state index in [1.165, 1.54) is 0 Å². The number of likely N-dealkylation sites (tertiary alicyclic amines) is 1. The van der Waals surface area contributed by atoms with E-state index in [0.717, 1.165) is 24.2 Å². The molecule has 0 amide bonds. The number of aliphatic hydroxyl groups excluding tert-OH is 1. The molecule has 1 aliphatic rings. The van der Waals surface area contributed by atoms with Crippen molar-refractivity contribution >= 4 is 5.65 Å². The number of rotatable bonds is 2. The first-order valence-electron chi connectivity index (χ1n) is 7.43. The second-order valence-electron chi connectivity index (χ2n) is 6.04. The van der Waals surface area contributed by atoms with Gasteiger partial charge in [0.25, 0.3) is 5.56 Å². The molecule has 2 aromatic heterocycles. The fraction of sp³-hybridized carbons (Fsp3) is 0.500. The summed E-state index contributed by atoms with van der Waals surface area (Å²) in [6.07, 6.45) is 2.43. The number of aromatic nitrogens is 2. The Balaban J connectivity index is 1.88. The smallest absolute Gasteiger partial charge is 0.258 e. The number of β-amino-alcohol motifs (C(OH)–C–C–N with tert-alkyl or cyclic N) is 1. The fourth-order valence-corrected chi connectivity index (χ4v) is 2.88. The number of aryl methyl sites for hydroxylation is 1. The summed E-state index contributed by atoms with van der Waals surface area (Å²) in [7, 11) is 0. The normalized spacial score (nSPS) is 23.6. The van der Waals surface area contributed by atoms with Crippen LogP contribution in [-0.4, -0.2) is 38.6 Å². The first-order valence-corrected chi connectivity index (χ1v) is 7.43. The molecule has 1 aliphatic heterocycles. The highest BCUT2D eigenvalue weighted by molar-refractivity contribution is 5.46. The van der Waals surface area contributed by atoms with Crippen molar-refractivity contribution in [1.29, 1.82) is 0 Å². The standard InChI is InChI=1S/C16H21N3O2/c1-11-5-7-18(10-14(11)20)9-13-8-15(21)19-6-3-4-12(2)16(19)17-13/h3-4,6,8,11,14,20H,5,7,9-10H2,1-2H3. The van der Waals surface area contributed by atoms with Crippen molar-refractivity contribution in [3.63, 3.8) is 0 Å². The Morgan fingerprint density at radius 2 is 2.29 bits per heavy atom. The van der Waals surface area contributed by atoms with Gasteiger partial charge in [0.15, 0.2) is 0 Å². The largest absolute Gasteiger partial charge is 0.392 e. The lowest BCUT2D eigenvalue weighted by Gasteiger charge is -2.33. The summed E-state index contributed by atoms with van der Waals surface area (Å²) in [5.41, 5.74) is 2.43. The summed E-state index contributed by atoms with van der Waals surface area (Å²) in [6.45, 7) is 6.23. The van der Waals surface area contributed by atoms with E-state index in [9.17, 15) is 9.90 Å². The topological polar surface area (TPSA) is 57.8 Å². The second kappa shape index (κ2) is 5.58. The van der Waals surface area contributed by atoms with Gasteiger partial charge in [-0.15, -0.1) is 0 Å². The van der Waals surface area contributed by atoms with Gasteiger partial charge in [-0.1, -0.05) is 13.0 Å². The van der Waals surface area contributed by atoms with Crippen molar-refractivity contribution < 1.29 is 5.11 Å². The number of fused-ring (bicyclic) bond motifs is 1. The average molecular weight is 287 g/mol. The molecule has 2 unspecified atom stereocenters. The average Bonchev–Trinajstić information content (AvgIpc) is 2.44. The maximum Gasteiger partial charge on any atom is 0.258 e. The van der Waals surface area contributed by atoms with Gasteiger partial charge in [-0.2, -0.15) is 0 Å². The molecule has 21 heavy (non-hydrogen) atoms. The van der Waals surface area contributed by atoms with E-state index in [1.54, 1.807) is 16.7 Å². The van der Waals surface area contributed by atoms with Crippen LogP contribution in [0.5, 0.6) is 0 Å². The van der Waals surface area contributed by atoms with Crippen LogP contribution in [0.25, 0.3) is 5.65 Å². The molecular weight excluding hydrogens is 266 g/mol. The van der Waals surface area contributed by atoms with E-state index in [0.29, 0.717) is 24.7 Å². The van der Waals surface area contributed by atoms with Crippen molar-refractivity contribution in [1.82, 2.24) is 14.3 Å². The molecule has 5 heteroatoms. The first kappa shape index (κ1) is 14.2. The summed E-state index contributed by atoms with van der Waals surface area (Å²) in [4.78, 5) is 18.9. The van der Waals surface area contributed by atoms with Gasteiger partial charge in [-0.05, 0) is 37.4 Å². The van der Waals surface area contributed by atoms with Crippen molar-refractivity contribution in [2.24, 2.45) is 5.92 Å². The van der Waals surface area contributed by atoms with Crippen molar-refractivity contribution in [2.75, 3.05) is 13.1 Å². The lowest BCUT2D eigenvalue weighted by Crippen LogP contribution is -2.42. The van der Waals surface area contributed by atoms with Gasteiger partial charge in [-0.3, -0.25) is 14.1 Å². The van der Waals surface area contributed by atoms with Gasteiger partial charge >= 0.3 is 0 Å². The van der Waals surface area contributed by atoms with Gasteiger partial charge < -0.3 is 5.11 Å². The van der Waals surface area contributed by atoms with Crippen LogP contribution in [0.3, 0.4) is 0 Å². The van der Waals surface area contributed by atoms with Gasteiger partial charge in [0.1, 0.15) is 5.65 Å². The first-order chi connectivity index (χ1) is 10.0. The Morgan fingerprint density at radius 1 is 1.48 bits per heavy atom. The number of hydrogen-bond donors (Lipinski definition) is 1. The lowest BCUT2D eigenvalue weighted by atomic mass is 9.96. The molecule has 0 spiro atoms. The minimum Gasteiger partial charge on any atom is -0.392 e. The molecule has 3 rings (SSSR count). The number of piperidine rings is 1. The molecule has 3 heterocycles. The summed E-state index contributed by atoms with van der Waals surface area (Å²) in [5.74, 6) is 0.346. The Morgan fingerprint density at radius 3 is 3.05 bits per heavy atom. The van der Waals surface area contributed by atoms with Crippen LogP contribution >= 0.6 is 0 Å². The van der Waals surface area contributed by atoms with E-state index < -0.39 is 0 Å². The van der Waals surface area contributed by atoms with Crippen molar-refractivity contribution in [2.45, 2.75) is 32.9 Å². The number of nitrogens with zero attached hydrogens (tertiary/aromatic N) is 3. The second-order valence-corrected chi connectivity index (χ2v) is 6.04. The maximum absolute atomic E-state index is 12.2. The van der Waals surface area contributed by atoms with Gasteiger partial charge in [-0.25, -0.2) is 4.98 Å². The zero-order valence-corrected chi connectivity index (χ0v) is 12.5. The van der Waals surface area contributed by atoms with E-state index in [2.05, 4.69) is 16.8 Å². The third kappa shape index (κ3) is 2.84. The molecule has 0 radical (unpaired) electrons. The predicted molar refractivity (Wildman–Crippen MR) is 81.3 cm³/mol. The van der Waals surface area contributed by atoms with Gasteiger partial charge in [0.05, 0.1) is 11.8 Å². The van der Waals surface area contributed by atoms with Crippen LogP contribution in [-0.2, 0) is 6.54 Å². The minimum absolute atomic E-state index is 0.0513. The lowest BCUT2D eigenvalue weighted by molar-refractivity contribution is 0.0254. The molecule has 0 bridgehead atoms. The Hall–Kier alpha value is -1.72. The Kier molecular flexibility index (Phi) is 3.78. The molecule has 1 saturated heterocycles. The van der Waals surface area contributed by atoms with E-state index in [4.69, 9.17) is 0 Å². The maximum atomic E-state index is 12.2. The zero-order chi connectivity index (χ0) is 15.0. The summed E-state index contributed by atoms with van der Waals surface area (Å²) in [5, 5.41) is 9.97. The SMILES string of the molecule is Cc1cccn2c(=O)cc(CN3CCC(C)C(O)C3)nc12. The number of pyridine rings is 1. The molecule has 0 saturated carbocycles. The molecule has 1 fully saturated rings. The fourth-order valence-electron chi connectivity index (χ4n) is 2.88. The third-order valence-corrected chi connectivity index (χ3v) is 4.33. The molecule has 0 aromatic carbocycles. The van der Waals surface area contributed by atoms with Gasteiger partial charge in [0.2, 0.25) is 0 Å². The molecule has 5 nitrogen and oxygen atoms in total. The molecule has 0 aliphatic carbocycles. The van der Waals surface area contributed by atoms with Crippen LogP contribution in [0.1, 0.15) is 24.6 Å². The van der Waals surface area contributed by atoms with Crippen LogP contribution in [0.2, 0.25) is 0 Å². The van der Waals surface area contributed by atoms with E-state index in [1.807, 2.05) is 19.1 Å². The summed E-state index contributed by atoms with van der Waals surface area (Å²) >= 11 is 0. The van der Waals surface area contributed by atoms with Gasteiger partial charge in [0, 0.05) is 25.4 Å². The minimum atomic E-state index is -0.290. The third-order valence-electron chi connectivity index (χ3n) is 4.33. The van der Waals surface area contributed by atoms with Crippen molar-refractivity contribution in [3.05, 3.63) is 46.0 Å². The van der Waals surface area contributed by atoms with E-state index in [-0.39, 0.29) is 11.7 Å². The predicted octanol–water partition coefficient (Wildman–Crippen LogP) is 1.21. The van der Waals surface area contributed by atoms with Crippen LogP contribution in [0, 0.1) is 12.8 Å². The van der Waals surface area contributed by atoms with Crippen LogP contribution < -0.4 is 5.56 Å². The molecule has 2 aromatic rings. The quantitative estimate of drug-likeness (QED) is 0.902. The zero-order valence-electron chi connectivity index (χ0n) is 12.5. The van der Waals surface area contributed by atoms with Crippen LogP contribution in [0.4, 0.5) is 0 Å². The Bertz CT molecular complexity index is 710. The van der Waals surface area contributed by atoms with Crippen LogP contribution in [0.15, 0.2) is 29.2 Å². The summed E-state index contributed by atoms with van der Waals surface area (Å²) in [6, 6.07) is 5.40. The highest BCUT2D eigenvalue weighted by atomic mass is 16.3. The highest BCUT2D eigenvalue weighted by Gasteiger charge is 2.24. The van der Waals surface area contributed by atoms with Crippen molar-refractivity contribution in [3.8, 4) is 0 Å². The van der Waals surface area contributed by atoms with E-state index >= 15 is 0 Å². The number of hydrogen-bond acceptors (Lipinski definition) is 4. The molecule has 2 atom stereocenters.